The lowest BCUT2D eigenvalue weighted by Gasteiger charge is -2.28. The van der Waals surface area contributed by atoms with E-state index in [2.05, 4.69) is 15.2 Å². The molecule has 1 atom stereocenters. The number of carbonyl (C=O) groups is 2. The van der Waals surface area contributed by atoms with Crippen molar-refractivity contribution in [2.24, 2.45) is 4.99 Å². The van der Waals surface area contributed by atoms with E-state index in [-0.39, 0.29) is 29.5 Å². The van der Waals surface area contributed by atoms with Crippen LogP contribution in [0.3, 0.4) is 0 Å². The fourth-order valence-electron chi connectivity index (χ4n) is 6.13. The maximum atomic E-state index is 14.9. The molecule has 0 bridgehead atoms. The first-order chi connectivity index (χ1) is 19.8. The number of halogens is 3. The summed E-state index contributed by atoms with van der Waals surface area (Å²) in [5.41, 5.74) is 2.86. The van der Waals surface area contributed by atoms with E-state index in [1.165, 1.54) is 37.1 Å². The van der Waals surface area contributed by atoms with Crippen LogP contribution in [0.15, 0.2) is 59.6 Å². The average Bonchev–Trinajstić information content (AvgIpc) is 3.71. The highest BCUT2D eigenvalue weighted by atomic mass is 19.1. The van der Waals surface area contributed by atoms with Gasteiger partial charge in [-0.15, -0.1) is 0 Å². The van der Waals surface area contributed by atoms with Crippen LogP contribution >= 0.6 is 0 Å². The van der Waals surface area contributed by atoms with E-state index in [0.717, 1.165) is 55.7 Å². The van der Waals surface area contributed by atoms with Crippen LogP contribution in [0.25, 0.3) is 0 Å². The number of hydrogen-bond acceptors (Lipinski definition) is 4. The molecule has 3 aliphatic rings. The molecular weight excluding hydrogens is 529 g/mol. The minimum absolute atomic E-state index is 0.116. The molecular formula is C32H31F3N4O2. The molecule has 1 N–H and O–H groups in total. The Kier molecular flexibility index (Phi) is 7.62. The van der Waals surface area contributed by atoms with Gasteiger partial charge < -0.3 is 15.1 Å². The monoisotopic (exact) mass is 560 g/mol. The minimum Gasteiger partial charge on any atom is -0.334 e. The molecule has 0 aromatic heterocycles. The minimum atomic E-state index is -0.727. The molecule has 212 valence electrons. The van der Waals surface area contributed by atoms with E-state index in [9.17, 15) is 22.8 Å². The first-order valence-corrected chi connectivity index (χ1v) is 14.1. The van der Waals surface area contributed by atoms with E-state index in [0.29, 0.717) is 30.1 Å². The molecule has 41 heavy (non-hydrogen) atoms. The normalized spacial score (nSPS) is 18.5. The van der Waals surface area contributed by atoms with E-state index >= 15 is 0 Å². The molecule has 2 fully saturated rings. The first kappa shape index (κ1) is 27.2. The molecule has 0 spiro atoms. The second kappa shape index (κ2) is 11.5. The van der Waals surface area contributed by atoms with Crippen LogP contribution in [0, 0.1) is 17.5 Å². The summed E-state index contributed by atoms with van der Waals surface area (Å²) in [6.07, 6.45) is 4.51. The second-order valence-corrected chi connectivity index (χ2v) is 11.1. The van der Waals surface area contributed by atoms with Crippen molar-refractivity contribution in [3.8, 4) is 0 Å². The molecule has 3 aliphatic heterocycles. The highest BCUT2D eigenvalue weighted by Gasteiger charge is 2.32. The van der Waals surface area contributed by atoms with Crippen LogP contribution < -0.4 is 5.32 Å². The van der Waals surface area contributed by atoms with Crippen molar-refractivity contribution in [1.29, 1.82) is 0 Å². The Balaban J connectivity index is 1.17. The van der Waals surface area contributed by atoms with Gasteiger partial charge in [0.05, 0.1) is 12.1 Å². The van der Waals surface area contributed by atoms with Crippen LogP contribution in [0.2, 0.25) is 0 Å². The maximum Gasteiger partial charge on any atom is 0.259 e. The summed E-state index contributed by atoms with van der Waals surface area (Å²) in [4.78, 5) is 35.3. The van der Waals surface area contributed by atoms with Crippen molar-refractivity contribution in [3.63, 3.8) is 0 Å². The predicted octanol–water partition coefficient (Wildman–Crippen LogP) is 5.09. The number of amides is 2. The van der Waals surface area contributed by atoms with Gasteiger partial charge >= 0.3 is 0 Å². The Morgan fingerprint density at radius 2 is 1.66 bits per heavy atom. The van der Waals surface area contributed by atoms with E-state index in [1.54, 1.807) is 0 Å². The van der Waals surface area contributed by atoms with E-state index < -0.39 is 23.4 Å². The Hall–Kier alpha value is -3.98. The van der Waals surface area contributed by atoms with Crippen molar-refractivity contribution in [2.45, 2.75) is 44.7 Å². The zero-order valence-electron chi connectivity index (χ0n) is 22.6. The number of benzene rings is 3. The Morgan fingerprint density at radius 3 is 2.44 bits per heavy atom. The van der Waals surface area contributed by atoms with Crippen LogP contribution in [0.4, 0.5) is 13.2 Å². The Labute approximate surface area is 236 Å². The number of amidine groups is 1. The molecule has 0 unspecified atom stereocenters. The summed E-state index contributed by atoms with van der Waals surface area (Å²) in [5.74, 6) is -2.62. The number of aliphatic imine (C=N–C) groups is 1. The molecule has 0 saturated carbocycles. The zero-order valence-corrected chi connectivity index (χ0v) is 22.6. The smallest absolute Gasteiger partial charge is 0.259 e. The third kappa shape index (κ3) is 5.91. The third-order valence-electron chi connectivity index (χ3n) is 8.16. The summed E-state index contributed by atoms with van der Waals surface area (Å²) >= 11 is 0. The van der Waals surface area contributed by atoms with Gasteiger partial charge in [0, 0.05) is 36.3 Å². The van der Waals surface area contributed by atoms with Crippen LogP contribution in [-0.2, 0) is 13.0 Å². The Morgan fingerprint density at radius 1 is 0.878 bits per heavy atom. The number of likely N-dealkylation sites (tertiary alicyclic amines) is 2. The standard InChI is InChI=1S/C32H31F3N4O2/c33-24-13-21(14-25(34)17-24)12-20-5-6-23-18-36-30(27(23)15-20)37-31(40)28-16-22(7-8-29(28)35)32(41)39-11-3-4-26(39)19-38-9-1-2-10-38/h5-8,13-17,26H,1-4,9-12,18-19H2,(H,36,37,40)/t26-/m0/s1. The summed E-state index contributed by atoms with van der Waals surface area (Å²) in [6.45, 7) is 3.94. The lowest BCUT2D eigenvalue weighted by atomic mass is 9.99. The van der Waals surface area contributed by atoms with Gasteiger partial charge in [0.25, 0.3) is 11.8 Å². The number of rotatable bonds is 6. The lowest BCUT2D eigenvalue weighted by molar-refractivity contribution is 0.0708. The van der Waals surface area contributed by atoms with Crippen molar-refractivity contribution >= 4 is 17.6 Å². The highest BCUT2D eigenvalue weighted by Crippen LogP contribution is 2.25. The van der Waals surface area contributed by atoms with Crippen LogP contribution in [0.5, 0.6) is 0 Å². The van der Waals surface area contributed by atoms with E-state index in [1.807, 2.05) is 23.1 Å². The van der Waals surface area contributed by atoms with Crippen molar-refractivity contribution < 1.29 is 22.8 Å². The number of hydrogen-bond donors (Lipinski definition) is 1. The van der Waals surface area contributed by atoms with Crippen LogP contribution in [0.1, 0.15) is 68.7 Å². The third-order valence-corrected chi connectivity index (χ3v) is 8.16. The predicted molar refractivity (Wildman–Crippen MR) is 149 cm³/mol. The quantitative estimate of drug-likeness (QED) is 0.457. The van der Waals surface area contributed by atoms with Gasteiger partial charge in [0.2, 0.25) is 0 Å². The number of nitrogens with one attached hydrogen (secondary N) is 1. The SMILES string of the molecule is O=C(NC1=NCc2ccc(Cc3cc(F)cc(F)c3)cc21)c1cc(C(=O)N2CCC[C@H]2CN2CCCC2)ccc1F. The van der Waals surface area contributed by atoms with Crippen molar-refractivity contribution in [1.82, 2.24) is 15.1 Å². The van der Waals surface area contributed by atoms with Gasteiger partial charge in [-0.3, -0.25) is 14.6 Å². The number of fused-ring (bicyclic) bond motifs is 1. The molecule has 2 amide bonds. The average molecular weight is 561 g/mol. The Bertz CT molecular complexity index is 1510. The summed E-state index contributed by atoms with van der Waals surface area (Å²) < 4.78 is 42.2. The molecule has 0 radical (unpaired) electrons. The van der Waals surface area contributed by atoms with Gasteiger partial charge in [0.15, 0.2) is 0 Å². The maximum absolute atomic E-state index is 14.9. The summed E-state index contributed by atoms with van der Waals surface area (Å²) in [7, 11) is 0. The number of nitrogens with zero attached hydrogens (tertiary/aromatic N) is 3. The van der Waals surface area contributed by atoms with Gasteiger partial charge in [-0.1, -0.05) is 12.1 Å². The summed E-state index contributed by atoms with van der Waals surface area (Å²) in [5, 5.41) is 2.71. The van der Waals surface area contributed by atoms with Gasteiger partial charge in [0.1, 0.15) is 23.3 Å². The molecule has 3 aromatic rings. The largest absolute Gasteiger partial charge is 0.334 e. The zero-order chi connectivity index (χ0) is 28.5. The molecule has 6 rings (SSSR count). The fourth-order valence-corrected chi connectivity index (χ4v) is 6.13. The van der Waals surface area contributed by atoms with Gasteiger partial charge in [-0.25, -0.2) is 13.2 Å². The summed E-state index contributed by atoms with van der Waals surface area (Å²) in [6, 6.07) is 12.9. The van der Waals surface area contributed by atoms with Crippen molar-refractivity contribution in [2.75, 3.05) is 26.2 Å². The van der Waals surface area contributed by atoms with Gasteiger partial charge in [-0.2, -0.15) is 0 Å². The fraction of sp³-hybridized carbons (Fsp3) is 0.344. The topological polar surface area (TPSA) is 65.0 Å². The van der Waals surface area contributed by atoms with Gasteiger partial charge in [-0.05, 0) is 98.3 Å². The molecule has 0 aliphatic carbocycles. The second-order valence-electron chi connectivity index (χ2n) is 11.1. The molecule has 2 saturated heterocycles. The molecule has 6 nitrogen and oxygen atoms in total. The lowest BCUT2D eigenvalue weighted by Crippen LogP contribution is -2.42. The van der Waals surface area contributed by atoms with E-state index in [4.69, 9.17) is 0 Å². The molecule has 3 heterocycles. The molecule has 9 heteroatoms. The number of carbonyl (C=O) groups excluding carboxylic acids is 2. The molecule has 3 aromatic carbocycles. The highest BCUT2D eigenvalue weighted by molar-refractivity contribution is 6.14. The van der Waals surface area contributed by atoms with Crippen molar-refractivity contribution in [3.05, 3.63) is 105 Å². The first-order valence-electron chi connectivity index (χ1n) is 14.1. The van der Waals surface area contributed by atoms with Crippen LogP contribution in [-0.4, -0.2) is 59.7 Å².